The lowest BCUT2D eigenvalue weighted by Crippen LogP contribution is -2.36. The first-order valence-electron chi connectivity index (χ1n) is 7.82. The Bertz CT molecular complexity index is 812. The second-order valence-corrected chi connectivity index (χ2v) is 5.82. The molecule has 0 aliphatic rings. The molecule has 0 spiro atoms. The maximum atomic E-state index is 12.1. The third-order valence-electron chi connectivity index (χ3n) is 3.62. The van der Waals surface area contributed by atoms with Gasteiger partial charge >= 0.3 is 6.03 Å². The molecule has 3 N–H and O–H groups in total. The van der Waals surface area contributed by atoms with Gasteiger partial charge in [-0.2, -0.15) is 5.26 Å². The summed E-state index contributed by atoms with van der Waals surface area (Å²) in [5, 5.41) is 16.7. The van der Waals surface area contributed by atoms with E-state index in [2.05, 4.69) is 16.0 Å². The highest BCUT2D eigenvalue weighted by Crippen LogP contribution is 2.21. The van der Waals surface area contributed by atoms with Gasteiger partial charge in [-0.05, 0) is 56.2 Å². The first kappa shape index (κ1) is 18.0. The first-order valence-corrected chi connectivity index (χ1v) is 7.82. The molecule has 25 heavy (non-hydrogen) atoms. The molecule has 0 heterocycles. The van der Waals surface area contributed by atoms with Crippen molar-refractivity contribution < 1.29 is 9.59 Å². The number of rotatable bonds is 4. The van der Waals surface area contributed by atoms with E-state index in [1.54, 1.807) is 24.3 Å². The van der Waals surface area contributed by atoms with Crippen molar-refractivity contribution in [2.75, 3.05) is 17.2 Å². The third kappa shape index (κ3) is 5.08. The lowest BCUT2D eigenvalue weighted by molar-refractivity contribution is -0.115. The van der Waals surface area contributed by atoms with Crippen molar-refractivity contribution in [3.8, 4) is 6.07 Å². The molecule has 3 amide bonds. The standard InChI is InChI=1S/C19H20N4O2/c1-12-8-13(2)18(14(3)9-12)23-17(24)11-21-19(25)22-16-6-4-15(10-20)5-7-16/h4-9H,11H2,1-3H3,(H,23,24)(H2,21,22,25). The molecule has 0 aromatic heterocycles. The Balaban J connectivity index is 1.87. The van der Waals surface area contributed by atoms with Crippen molar-refractivity contribution in [3.63, 3.8) is 0 Å². The average Bonchev–Trinajstić information content (AvgIpc) is 2.57. The van der Waals surface area contributed by atoms with Gasteiger partial charge in [0.1, 0.15) is 0 Å². The molecule has 6 nitrogen and oxygen atoms in total. The van der Waals surface area contributed by atoms with E-state index in [0.29, 0.717) is 11.3 Å². The van der Waals surface area contributed by atoms with Crippen molar-refractivity contribution >= 4 is 23.3 Å². The van der Waals surface area contributed by atoms with E-state index in [0.717, 1.165) is 22.4 Å². The van der Waals surface area contributed by atoms with Crippen LogP contribution in [-0.2, 0) is 4.79 Å². The normalized spacial score (nSPS) is 9.84. The zero-order chi connectivity index (χ0) is 18.4. The fraction of sp³-hybridized carbons (Fsp3) is 0.211. The molecule has 0 saturated carbocycles. The van der Waals surface area contributed by atoms with E-state index < -0.39 is 6.03 Å². The second kappa shape index (κ2) is 7.97. The van der Waals surface area contributed by atoms with Crippen LogP contribution in [0.2, 0.25) is 0 Å². The lowest BCUT2D eigenvalue weighted by Gasteiger charge is -2.13. The highest BCUT2D eigenvalue weighted by atomic mass is 16.2. The van der Waals surface area contributed by atoms with Crippen LogP contribution >= 0.6 is 0 Å². The van der Waals surface area contributed by atoms with Crippen LogP contribution in [0.1, 0.15) is 22.3 Å². The number of nitrogens with zero attached hydrogens (tertiary/aromatic N) is 1. The molecule has 0 bridgehead atoms. The number of nitrogens with one attached hydrogen (secondary N) is 3. The first-order chi connectivity index (χ1) is 11.9. The van der Waals surface area contributed by atoms with Crippen LogP contribution in [0.15, 0.2) is 36.4 Å². The monoisotopic (exact) mass is 336 g/mol. The molecule has 0 aliphatic carbocycles. The molecule has 0 radical (unpaired) electrons. The van der Waals surface area contributed by atoms with E-state index in [1.165, 1.54) is 0 Å². The van der Waals surface area contributed by atoms with E-state index in [1.807, 2.05) is 39.0 Å². The highest BCUT2D eigenvalue weighted by molar-refractivity contribution is 5.97. The van der Waals surface area contributed by atoms with Crippen LogP contribution < -0.4 is 16.0 Å². The van der Waals surface area contributed by atoms with E-state index in [9.17, 15) is 9.59 Å². The predicted octanol–water partition coefficient (Wildman–Crippen LogP) is 3.24. The molecular formula is C19H20N4O2. The molecule has 2 aromatic carbocycles. The van der Waals surface area contributed by atoms with Crippen molar-refractivity contribution in [3.05, 3.63) is 58.7 Å². The van der Waals surface area contributed by atoms with Gasteiger partial charge in [0.25, 0.3) is 0 Å². The zero-order valence-corrected chi connectivity index (χ0v) is 14.4. The Kier molecular flexibility index (Phi) is 5.75. The SMILES string of the molecule is Cc1cc(C)c(NC(=O)CNC(=O)Nc2ccc(C#N)cc2)c(C)c1. The van der Waals surface area contributed by atoms with Crippen LogP contribution in [0.3, 0.4) is 0 Å². The van der Waals surface area contributed by atoms with Crippen LogP contribution in [0.25, 0.3) is 0 Å². The fourth-order valence-electron chi connectivity index (χ4n) is 2.52. The quantitative estimate of drug-likeness (QED) is 0.800. The second-order valence-electron chi connectivity index (χ2n) is 5.82. The summed E-state index contributed by atoms with van der Waals surface area (Å²) in [4.78, 5) is 23.9. The Hall–Kier alpha value is -3.33. The summed E-state index contributed by atoms with van der Waals surface area (Å²) in [5.74, 6) is -0.301. The summed E-state index contributed by atoms with van der Waals surface area (Å²) in [6.45, 7) is 5.72. The summed E-state index contributed by atoms with van der Waals surface area (Å²) >= 11 is 0. The number of amides is 3. The van der Waals surface area contributed by atoms with Crippen LogP contribution in [-0.4, -0.2) is 18.5 Å². The van der Waals surface area contributed by atoms with E-state index in [4.69, 9.17) is 5.26 Å². The van der Waals surface area contributed by atoms with Crippen LogP contribution in [0, 0.1) is 32.1 Å². The van der Waals surface area contributed by atoms with Crippen molar-refractivity contribution in [2.45, 2.75) is 20.8 Å². The number of carbonyl (C=O) groups excluding carboxylic acids is 2. The summed E-state index contributed by atoms with van der Waals surface area (Å²) in [7, 11) is 0. The number of anilines is 2. The molecule has 0 unspecified atom stereocenters. The van der Waals surface area contributed by atoms with E-state index in [-0.39, 0.29) is 12.5 Å². The third-order valence-corrected chi connectivity index (χ3v) is 3.62. The summed E-state index contributed by atoms with van der Waals surface area (Å²) < 4.78 is 0. The van der Waals surface area contributed by atoms with Gasteiger partial charge in [0, 0.05) is 11.4 Å². The number of nitriles is 1. The van der Waals surface area contributed by atoms with Gasteiger partial charge in [0.15, 0.2) is 0 Å². The number of aryl methyl sites for hydroxylation is 3. The number of hydrogen-bond acceptors (Lipinski definition) is 3. The Morgan fingerprint density at radius 2 is 1.60 bits per heavy atom. The van der Waals surface area contributed by atoms with Gasteiger partial charge in [0.05, 0.1) is 18.2 Å². The Morgan fingerprint density at radius 1 is 1.00 bits per heavy atom. The largest absolute Gasteiger partial charge is 0.329 e. The topological polar surface area (TPSA) is 94.0 Å². The molecule has 0 atom stereocenters. The van der Waals surface area contributed by atoms with E-state index >= 15 is 0 Å². The van der Waals surface area contributed by atoms with Gasteiger partial charge in [0.2, 0.25) is 5.91 Å². The highest BCUT2D eigenvalue weighted by Gasteiger charge is 2.10. The molecule has 0 fully saturated rings. The molecule has 128 valence electrons. The fourth-order valence-corrected chi connectivity index (χ4v) is 2.52. The summed E-state index contributed by atoms with van der Waals surface area (Å²) in [6, 6.07) is 12.0. The molecule has 0 aliphatic heterocycles. The molecule has 2 rings (SSSR count). The van der Waals surface area contributed by atoms with Crippen molar-refractivity contribution in [1.29, 1.82) is 5.26 Å². The van der Waals surface area contributed by atoms with Gasteiger partial charge in [-0.1, -0.05) is 17.7 Å². The minimum Gasteiger partial charge on any atom is -0.329 e. The van der Waals surface area contributed by atoms with Crippen LogP contribution in [0.5, 0.6) is 0 Å². The maximum absolute atomic E-state index is 12.1. The molecular weight excluding hydrogens is 316 g/mol. The Labute approximate surface area is 146 Å². The number of urea groups is 1. The molecule has 2 aromatic rings. The number of benzene rings is 2. The van der Waals surface area contributed by atoms with Gasteiger partial charge < -0.3 is 16.0 Å². The van der Waals surface area contributed by atoms with Crippen LogP contribution in [0.4, 0.5) is 16.2 Å². The number of hydrogen-bond donors (Lipinski definition) is 3. The van der Waals surface area contributed by atoms with Gasteiger partial charge in [-0.3, -0.25) is 4.79 Å². The summed E-state index contributed by atoms with van der Waals surface area (Å²) in [5.41, 5.74) is 4.91. The molecule has 6 heteroatoms. The van der Waals surface area contributed by atoms with Crippen molar-refractivity contribution in [2.24, 2.45) is 0 Å². The minimum atomic E-state index is -0.489. The minimum absolute atomic E-state index is 0.144. The zero-order valence-electron chi connectivity index (χ0n) is 14.4. The maximum Gasteiger partial charge on any atom is 0.319 e. The van der Waals surface area contributed by atoms with Crippen molar-refractivity contribution in [1.82, 2.24) is 5.32 Å². The van der Waals surface area contributed by atoms with Gasteiger partial charge in [-0.15, -0.1) is 0 Å². The predicted molar refractivity (Wildman–Crippen MR) is 97.5 cm³/mol. The summed E-state index contributed by atoms with van der Waals surface area (Å²) in [6.07, 6.45) is 0. The average molecular weight is 336 g/mol. The smallest absolute Gasteiger partial charge is 0.319 e. The Morgan fingerprint density at radius 3 is 2.16 bits per heavy atom. The number of carbonyl (C=O) groups is 2. The van der Waals surface area contributed by atoms with Gasteiger partial charge in [-0.25, -0.2) is 4.79 Å². The molecule has 0 saturated heterocycles. The lowest BCUT2D eigenvalue weighted by atomic mass is 10.1.